The molecule has 3 aromatic carbocycles. The van der Waals surface area contributed by atoms with Crippen LogP contribution in [-0.4, -0.2) is 24.5 Å². The summed E-state index contributed by atoms with van der Waals surface area (Å²) < 4.78 is 28.0. The number of para-hydroxylation sites is 1. The van der Waals surface area contributed by atoms with Crippen molar-refractivity contribution in [1.82, 2.24) is 4.31 Å². The van der Waals surface area contributed by atoms with Gasteiger partial charge in [0.2, 0.25) is 11.8 Å². The minimum Gasteiger partial charge on any atom is -0.325 e. The third-order valence-corrected chi connectivity index (χ3v) is 7.70. The Bertz CT molecular complexity index is 1380. The fourth-order valence-corrected chi connectivity index (χ4v) is 5.77. The lowest BCUT2D eigenvalue weighted by Crippen LogP contribution is -2.47. The molecule has 0 bridgehead atoms. The van der Waals surface area contributed by atoms with Crippen LogP contribution in [0.2, 0.25) is 0 Å². The number of aryl methyl sites for hydroxylation is 1. The van der Waals surface area contributed by atoms with Gasteiger partial charge in [-0.15, -0.1) is 0 Å². The van der Waals surface area contributed by atoms with Crippen molar-refractivity contribution in [2.24, 2.45) is 0 Å². The first-order valence-corrected chi connectivity index (χ1v) is 11.6. The molecule has 0 saturated heterocycles. The Morgan fingerprint density at radius 1 is 0.875 bits per heavy atom. The van der Waals surface area contributed by atoms with Gasteiger partial charge in [-0.3, -0.25) is 9.59 Å². The lowest BCUT2D eigenvalue weighted by molar-refractivity contribution is -0.130. The van der Waals surface area contributed by atoms with Crippen LogP contribution in [0.5, 0.6) is 0 Å². The summed E-state index contributed by atoms with van der Waals surface area (Å²) in [6.07, 6.45) is 1.34. The van der Waals surface area contributed by atoms with E-state index in [-0.39, 0.29) is 22.9 Å². The van der Waals surface area contributed by atoms with Crippen LogP contribution in [0.1, 0.15) is 23.1 Å². The lowest BCUT2D eigenvalue weighted by atomic mass is 9.75. The van der Waals surface area contributed by atoms with Gasteiger partial charge in [0.25, 0.3) is 10.0 Å². The number of hydrogen-bond acceptors (Lipinski definition) is 4. The standard InChI is InChI=1S/C25H20N2O4S/c1-17-11-13-19(14-12-17)32(30,31)27-22(18-7-3-2-4-8-18)15-25(16-23(27)28)20-9-5-6-10-21(20)26-24(25)29/h2-15H,16H2,1H3,(H,26,29)/t25-/m0/s1. The molecule has 1 spiro atoms. The summed E-state index contributed by atoms with van der Waals surface area (Å²) >= 11 is 0. The highest BCUT2D eigenvalue weighted by atomic mass is 32.2. The van der Waals surface area contributed by atoms with Gasteiger partial charge in [-0.1, -0.05) is 66.2 Å². The number of benzene rings is 3. The monoisotopic (exact) mass is 444 g/mol. The Hall–Kier alpha value is -3.71. The number of amides is 2. The Labute approximate surface area is 186 Å². The first-order valence-electron chi connectivity index (χ1n) is 10.2. The molecule has 1 atom stereocenters. The summed E-state index contributed by atoms with van der Waals surface area (Å²) in [6.45, 7) is 1.86. The van der Waals surface area contributed by atoms with Gasteiger partial charge >= 0.3 is 0 Å². The van der Waals surface area contributed by atoms with Gasteiger partial charge < -0.3 is 5.32 Å². The van der Waals surface area contributed by atoms with E-state index in [0.717, 1.165) is 9.87 Å². The van der Waals surface area contributed by atoms with Crippen LogP contribution in [0.25, 0.3) is 5.70 Å². The van der Waals surface area contributed by atoms with Crippen molar-refractivity contribution in [3.05, 3.63) is 102 Å². The molecule has 32 heavy (non-hydrogen) atoms. The van der Waals surface area contributed by atoms with Crippen LogP contribution >= 0.6 is 0 Å². The Morgan fingerprint density at radius 3 is 2.25 bits per heavy atom. The Kier molecular flexibility index (Phi) is 4.53. The first kappa shape index (κ1) is 20.2. The SMILES string of the molecule is Cc1ccc(S(=O)(=O)N2C(=O)C[C@]3(C=C2c2ccccc2)C(=O)Nc2ccccc23)cc1. The predicted molar refractivity (Wildman–Crippen MR) is 121 cm³/mol. The van der Waals surface area contributed by atoms with E-state index >= 15 is 0 Å². The summed E-state index contributed by atoms with van der Waals surface area (Å²) in [5.41, 5.74) is 1.65. The second-order valence-electron chi connectivity index (χ2n) is 8.02. The number of sulfonamides is 1. The van der Waals surface area contributed by atoms with Crippen molar-refractivity contribution in [2.75, 3.05) is 5.32 Å². The number of rotatable bonds is 3. The van der Waals surface area contributed by atoms with Crippen LogP contribution in [0, 0.1) is 6.92 Å². The number of carbonyl (C=O) groups is 2. The van der Waals surface area contributed by atoms with Crippen LogP contribution < -0.4 is 5.32 Å². The van der Waals surface area contributed by atoms with E-state index < -0.39 is 21.3 Å². The molecule has 0 fully saturated rings. The predicted octanol–water partition coefficient (Wildman–Crippen LogP) is 3.85. The van der Waals surface area contributed by atoms with E-state index in [9.17, 15) is 18.0 Å². The molecule has 5 rings (SSSR count). The maximum absolute atomic E-state index is 13.6. The Balaban J connectivity index is 1.75. The maximum Gasteiger partial charge on any atom is 0.270 e. The molecule has 0 radical (unpaired) electrons. The van der Waals surface area contributed by atoms with Gasteiger partial charge in [0, 0.05) is 5.69 Å². The third kappa shape index (κ3) is 2.97. The zero-order valence-corrected chi connectivity index (χ0v) is 18.1. The van der Waals surface area contributed by atoms with E-state index in [2.05, 4.69) is 5.32 Å². The van der Waals surface area contributed by atoms with Crippen molar-refractivity contribution >= 4 is 33.2 Å². The van der Waals surface area contributed by atoms with Gasteiger partial charge in [0.05, 0.1) is 17.0 Å². The smallest absolute Gasteiger partial charge is 0.270 e. The highest BCUT2D eigenvalue weighted by Gasteiger charge is 2.52. The minimum absolute atomic E-state index is 0.0190. The number of nitrogens with zero attached hydrogens (tertiary/aromatic N) is 1. The van der Waals surface area contributed by atoms with Crippen molar-refractivity contribution in [1.29, 1.82) is 0 Å². The highest BCUT2D eigenvalue weighted by Crippen LogP contribution is 2.47. The molecule has 7 heteroatoms. The van der Waals surface area contributed by atoms with E-state index in [4.69, 9.17) is 0 Å². The zero-order chi connectivity index (χ0) is 22.5. The average molecular weight is 445 g/mol. The molecule has 2 heterocycles. The minimum atomic E-state index is -4.18. The van der Waals surface area contributed by atoms with Crippen LogP contribution in [-0.2, 0) is 25.0 Å². The molecule has 2 amide bonds. The van der Waals surface area contributed by atoms with Gasteiger partial charge in [-0.05, 0) is 42.3 Å². The molecule has 0 aliphatic carbocycles. The van der Waals surface area contributed by atoms with E-state index in [1.54, 1.807) is 72.8 Å². The topological polar surface area (TPSA) is 83.6 Å². The van der Waals surface area contributed by atoms with Gasteiger partial charge in [0.15, 0.2) is 0 Å². The molecule has 6 nitrogen and oxygen atoms in total. The summed E-state index contributed by atoms with van der Waals surface area (Å²) in [4.78, 5) is 26.6. The lowest BCUT2D eigenvalue weighted by Gasteiger charge is -2.36. The van der Waals surface area contributed by atoms with Gasteiger partial charge in [0.1, 0.15) is 5.41 Å². The molecule has 2 aliphatic rings. The number of hydrogen-bond donors (Lipinski definition) is 1. The molecule has 1 N–H and O–H groups in total. The summed E-state index contributed by atoms with van der Waals surface area (Å²) in [5, 5.41) is 2.84. The van der Waals surface area contributed by atoms with Crippen molar-refractivity contribution in [3.63, 3.8) is 0 Å². The molecular formula is C25H20N2O4S. The van der Waals surface area contributed by atoms with Gasteiger partial charge in [-0.25, -0.2) is 12.7 Å². The molecule has 0 saturated carbocycles. The average Bonchev–Trinajstić information content (AvgIpc) is 3.05. The quantitative estimate of drug-likeness (QED) is 0.665. The second-order valence-corrected chi connectivity index (χ2v) is 9.81. The largest absolute Gasteiger partial charge is 0.325 e. The van der Waals surface area contributed by atoms with E-state index in [1.165, 1.54) is 12.1 Å². The zero-order valence-electron chi connectivity index (χ0n) is 17.3. The molecule has 0 unspecified atom stereocenters. The van der Waals surface area contributed by atoms with Crippen molar-refractivity contribution in [2.45, 2.75) is 23.7 Å². The van der Waals surface area contributed by atoms with Crippen LogP contribution in [0.15, 0.2) is 89.8 Å². The fourth-order valence-electron chi connectivity index (χ4n) is 4.33. The maximum atomic E-state index is 13.6. The molecule has 0 aromatic heterocycles. The number of carbonyl (C=O) groups excluding carboxylic acids is 2. The van der Waals surface area contributed by atoms with Crippen molar-refractivity contribution < 1.29 is 18.0 Å². The second kappa shape index (κ2) is 7.17. The number of fused-ring (bicyclic) bond motifs is 2. The molecule has 160 valence electrons. The number of anilines is 1. The van der Waals surface area contributed by atoms with E-state index in [1.807, 2.05) is 6.92 Å². The molecule has 2 aliphatic heterocycles. The first-order chi connectivity index (χ1) is 15.3. The van der Waals surface area contributed by atoms with Gasteiger partial charge in [-0.2, -0.15) is 0 Å². The molecule has 3 aromatic rings. The summed E-state index contributed by atoms with van der Waals surface area (Å²) in [7, 11) is -4.18. The Morgan fingerprint density at radius 2 is 1.53 bits per heavy atom. The normalized spacial score (nSPS) is 20.2. The fraction of sp³-hybridized carbons (Fsp3) is 0.120. The summed E-state index contributed by atoms with van der Waals surface area (Å²) in [5.74, 6) is -0.994. The van der Waals surface area contributed by atoms with Crippen molar-refractivity contribution in [3.8, 4) is 0 Å². The van der Waals surface area contributed by atoms with Crippen LogP contribution in [0.3, 0.4) is 0 Å². The molecular weight excluding hydrogens is 424 g/mol. The summed E-state index contributed by atoms with van der Waals surface area (Å²) in [6, 6.07) is 22.3. The highest BCUT2D eigenvalue weighted by molar-refractivity contribution is 7.90. The number of nitrogens with one attached hydrogen (secondary N) is 1. The van der Waals surface area contributed by atoms with E-state index in [0.29, 0.717) is 16.8 Å². The third-order valence-electron chi connectivity index (χ3n) is 5.95. The van der Waals surface area contributed by atoms with Crippen LogP contribution in [0.4, 0.5) is 5.69 Å².